The highest BCUT2D eigenvalue weighted by molar-refractivity contribution is 8.32. The van der Waals surface area contributed by atoms with Crippen molar-refractivity contribution in [2.24, 2.45) is 0 Å². The Labute approximate surface area is 186 Å². The van der Waals surface area contributed by atoms with Crippen LogP contribution >= 0.6 is 10.0 Å². The van der Waals surface area contributed by atoms with Crippen molar-refractivity contribution >= 4 is 27.5 Å². The number of hydrogen-bond acceptors (Lipinski definition) is 6. The lowest BCUT2D eigenvalue weighted by molar-refractivity contribution is -0.118. The highest BCUT2D eigenvalue weighted by Crippen LogP contribution is 2.46. The molecule has 32 heavy (non-hydrogen) atoms. The number of benzene rings is 2. The molecule has 0 aliphatic rings. The minimum Gasteiger partial charge on any atom is -0.497 e. The number of carbonyl (C=O) groups is 2. The number of halogens is 1. The van der Waals surface area contributed by atoms with E-state index in [-0.39, 0.29) is 11.4 Å². The van der Waals surface area contributed by atoms with E-state index in [2.05, 4.69) is 15.8 Å². The maximum Gasteiger partial charge on any atom is 0.290 e. The summed E-state index contributed by atoms with van der Waals surface area (Å²) in [5.74, 6) is -1.92. The van der Waals surface area contributed by atoms with E-state index in [1.54, 1.807) is 36.4 Å². The van der Waals surface area contributed by atoms with Crippen LogP contribution in [0.4, 0.5) is 10.1 Å². The number of aromatic nitrogens is 1. The van der Waals surface area contributed by atoms with Crippen LogP contribution in [0.25, 0.3) is 0 Å². The largest absolute Gasteiger partial charge is 0.497 e. The summed E-state index contributed by atoms with van der Waals surface area (Å²) < 4.78 is 24.5. The van der Waals surface area contributed by atoms with E-state index in [1.807, 2.05) is 18.8 Å². The third kappa shape index (κ3) is 5.38. The van der Waals surface area contributed by atoms with E-state index in [4.69, 9.17) is 9.26 Å². The minimum atomic E-state index is -1.28. The number of methoxy groups -OCH3 is 1. The maximum absolute atomic E-state index is 14.6. The number of carbonyl (C=O) groups excluding carboxylic acids is 2. The van der Waals surface area contributed by atoms with Crippen LogP contribution in [0.15, 0.2) is 57.9 Å². The molecule has 10 heteroatoms. The normalized spacial score (nSPS) is 12.7. The zero-order valence-electron chi connectivity index (χ0n) is 18.0. The number of amides is 2. The number of anilines is 1. The third-order valence-electron chi connectivity index (χ3n) is 4.57. The Balaban J connectivity index is 1.87. The zero-order valence-corrected chi connectivity index (χ0v) is 18.8. The lowest BCUT2D eigenvalue weighted by Gasteiger charge is -2.26. The molecule has 0 saturated heterocycles. The fraction of sp³-hybridized carbons (Fsp3) is 0.227. The first-order chi connectivity index (χ1) is 15.1. The zero-order chi connectivity index (χ0) is 23.5. The Kier molecular flexibility index (Phi) is 6.73. The summed E-state index contributed by atoms with van der Waals surface area (Å²) in [6.07, 6.45) is 5.92. The summed E-state index contributed by atoms with van der Waals surface area (Å²) in [6, 6.07) is 10.9. The average molecular weight is 462 g/mol. The molecule has 0 saturated carbocycles. The Morgan fingerprint density at radius 3 is 2.34 bits per heavy atom. The molecular formula is C22H24FN3O5S. The second-order valence-corrected chi connectivity index (χ2v) is 11.8. The summed E-state index contributed by atoms with van der Waals surface area (Å²) in [4.78, 5) is 26.2. The average Bonchev–Trinajstić information content (AvgIpc) is 3.17. The molecule has 0 aliphatic heterocycles. The van der Waals surface area contributed by atoms with Gasteiger partial charge in [-0.3, -0.25) is 9.59 Å². The molecule has 0 fully saturated rings. The van der Waals surface area contributed by atoms with Crippen molar-refractivity contribution in [3.8, 4) is 11.6 Å². The monoisotopic (exact) mass is 461 g/mol. The van der Waals surface area contributed by atoms with Gasteiger partial charge in [0.15, 0.2) is 0 Å². The summed E-state index contributed by atoms with van der Waals surface area (Å²) in [7, 11) is 0.226. The lowest BCUT2D eigenvalue weighted by Crippen LogP contribution is -2.36. The molecule has 2 amide bonds. The van der Waals surface area contributed by atoms with Crippen LogP contribution in [-0.2, 0) is 4.79 Å². The molecule has 3 aromatic rings. The molecule has 1 atom stereocenters. The highest BCUT2D eigenvalue weighted by atomic mass is 32.3. The SMILES string of the molecule is COc1ccc([C@@H](NC(=O)c2cc(O)no2)C(=O)Nc2ccc(S(C)(C)C)c(F)c2)cc1. The van der Waals surface area contributed by atoms with Gasteiger partial charge >= 0.3 is 0 Å². The van der Waals surface area contributed by atoms with Gasteiger partial charge in [0.05, 0.1) is 13.2 Å². The lowest BCUT2D eigenvalue weighted by atomic mass is 10.1. The first-order valence-corrected chi connectivity index (χ1v) is 12.3. The van der Waals surface area contributed by atoms with Crippen molar-refractivity contribution in [1.82, 2.24) is 10.5 Å². The highest BCUT2D eigenvalue weighted by Gasteiger charge is 2.26. The number of nitrogens with one attached hydrogen (secondary N) is 2. The Hall–Kier alpha value is -3.53. The van der Waals surface area contributed by atoms with Gasteiger partial charge in [-0.1, -0.05) is 12.1 Å². The molecule has 170 valence electrons. The predicted molar refractivity (Wildman–Crippen MR) is 120 cm³/mol. The van der Waals surface area contributed by atoms with E-state index in [9.17, 15) is 19.1 Å². The Morgan fingerprint density at radius 2 is 1.81 bits per heavy atom. The van der Waals surface area contributed by atoms with E-state index in [0.29, 0.717) is 16.2 Å². The quantitative estimate of drug-likeness (QED) is 0.495. The van der Waals surface area contributed by atoms with Gasteiger partial charge in [0.25, 0.3) is 17.7 Å². The first kappa shape index (κ1) is 23.1. The van der Waals surface area contributed by atoms with Crippen LogP contribution < -0.4 is 15.4 Å². The van der Waals surface area contributed by atoms with Gasteiger partial charge in [0.1, 0.15) is 17.6 Å². The van der Waals surface area contributed by atoms with E-state index in [1.165, 1.54) is 13.2 Å². The van der Waals surface area contributed by atoms with Gasteiger partial charge in [0.2, 0.25) is 5.76 Å². The minimum absolute atomic E-state index is 0.255. The van der Waals surface area contributed by atoms with E-state index >= 15 is 0 Å². The molecule has 8 nitrogen and oxygen atoms in total. The molecule has 0 bridgehead atoms. The smallest absolute Gasteiger partial charge is 0.290 e. The molecule has 3 N–H and O–H groups in total. The van der Waals surface area contributed by atoms with Crippen molar-refractivity contribution in [2.75, 3.05) is 31.2 Å². The van der Waals surface area contributed by atoms with Crippen LogP contribution in [0.1, 0.15) is 22.2 Å². The van der Waals surface area contributed by atoms with Crippen molar-refractivity contribution in [3.05, 3.63) is 65.7 Å². The summed E-state index contributed by atoms with van der Waals surface area (Å²) in [5.41, 5.74) is 0.710. The molecule has 0 aliphatic carbocycles. The third-order valence-corrected chi connectivity index (χ3v) is 6.22. The molecule has 1 heterocycles. The van der Waals surface area contributed by atoms with Gasteiger partial charge in [-0.25, -0.2) is 14.4 Å². The van der Waals surface area contributed by atoms with E-state index < -0.39 is 39.6 Å². The van der Waals surface area contributed by atoms with E-state index in [0.717, 1.165) is 6.07 Å². The second kappa shape index (κ2) is 9.31. The predicted octanol–water partition coefficient (Wildman–Crippen LogP) is 3.69. The topological polar surface area (TPSA) is 114 Å². The maximum atomic E-state index is 14.6. The molecule has 3 rings (SSSR count). The van der Waals surface area contributed by atoms with Gasteiger partial charge in [0, 0.05) is 10.6 Å². The van der Waals surface area contributed by atoms with Crippen molar-refractivity contribution in [3.63, 3.8) is 0 Å². The van der Waals surface area contributed by atoms with Gasteiger partial charge in [-0.2, -0.15) is 0 Å². The Bertz CT molecular complexity index is 1130. The van der Waals surface area contributed by atoms with Crippen LogP contribution in [0.3, 0.4) is 0 Å². The standard InChI is InChI=1S/C22H24FN3O5S/c1-30-15-8-5-13(6-9-15)20(25-21(28)17-12-19(27)26-31-17)22(29)24-14-7-10-18(16(23)11-14)32(2,3)4/h5-12,20H,1-4H3,(H,24,29)(H,25,28)(H,26,27)/t20-/m1/s1. The van der Waals surface area contributed by atoms with Gasteiger partial charge < -0.3 is 25.0 Å². The van der Waals surface area contributed by atoms with Crippen LogP contribution in [0.2, 0.25) is 0 Å². The molecule has 0 spiro atoms. The molecule has 0 radical (unpaired) electrons. The van der Waals surface area contributed by atoms with Crippen LogP contribution in [0, 0.1) is 5.82 Å². The van der Waals surface area contributed by atoms with Gasteiger partial charge in [-0.05, 0) is 59.8 Å². The molecule has 2 aromatic carbocycles. The fourth-order valence-corrected chi connectivity index (χ4v) is 4.08. The molecular weight excluding hydrogens is 437 g/mol. The Morgan fingerprint density at radius 1 is 1.12 bits per heavy atom. The summed E-state index contributed by atoms with van der Waals surface area (Å²) in [6.45, 7) is 0. The second-order valence-electron chi connectivity index (χ2n) is 7.70. The first-order valence-electron chi connectivity index (χ1n) is 9.48. The number of rotatable bonds is 7. The van der Waals surface area contributed by atoms with Crippen molar-refractivity contribution < 1.29 is 28.3 Å². The fourth-order valence-electron chi connectivity index (χ4n) is 2.96. The van der Waals surface area contributed by atoms with Crippen LogP contribution in [0.5, 0.6) is 11.6 Å². The molecule has 0 unspecified atom stereocenters. The number of hydrogen-bond donors (Lipinski definition) is 3. The number of aromatic hydroxyl groups is 1. The van der Waals surface area contributed by atoms with Crippen molar-refractivity contribution in [2.45, 2.75) is 10.9 Å². The van der Waals surface area contributed by atoms with Crippen LogP contribution in [-0.4, -0.2) is 48.0 Å². The summed E-state index contributed by atoms with van der Waals surface area (Å²) >= 11 is 0. The molecule has 1 aromatic heterocycles. The van der Waals surface area contributed by atoms with Gasteiger partial charge in [-0.15, -0.1) is 0 Å². The number of ether oxygens (including phenoxy) is 1. The summed E-state index contributed by atoms with van der Waals surface area (Å²) in [5, 5.41) is 17.7. The van der Waals surface area contributed by atoms with Crippen molar-refractivity contribution in [1.29, 1.82) is 0 Å². The number of nitrogens with zero attached hydrogens (tertiary/aromatic N) is 1.